The van der Waals surface area contributed by atoms with Crippen molar-refractivity contribution < 1.29 is 4.79 Å². The Morgan fingerprint density at radius 3 is 2.52 bits per heavy atom. The lowest BCUT2D eigenvalue weighted by atomic mass is 10.1. The van der Waals surface area contributed by atoms with Crippen LogP contribution in [-0.4, -0.2) is 29.8 Å². The lowest BCUT2D eigenvalue weighted by Gasteiger charge is -2.13. The van der Waals surface area contributed by atoms with Crippen LogP contribution in [0.2, 0.25) is 0 Å². The molecule has 0 amide bonds. The molecule has 0 atom stereocenters. The van der Waals surface area contributed by atoms with Crippen LogP contribution in [0.1, 0.15) is 9.67 Å². The number of anilines is 1. The summed E-state index contributed by atoms with van der Waals surface area (Å²) in [7, 11) is 4.04. The van der Waals surface area contributed by atoms with Gasteiger partial charge in [-0.2, -0.15) is 0 Å². The van der Waals surface area contributed by atoms with Crippen LogP contribution in [0.5, 0.6) is 0 Å². The molecule has 0 aliphatic heterocycles. The first-order valence-corrected chi connectivity index (χ1v) is 8.79. The highest BCUT2D eigenvalue weighted by Gasteiger charge is 2.18. The third-order valence-electron chi connectivity index (χ3n) is 4.14. The first-order chi connectivity index (χ1) is 12.2. The fourth-order valence-corrected chi connectivity index (χ4v) is 3.74. The van der Waals surface area contributed by atoms with E-state index in [4.69, 9.17) is 4.98 Å². The number of fused-ring (bicyclic) bond motifs is 1. The van der Waals surface area contributed by atoms with Gasteiger partial charge < -0.3 is 4.90 Å². The maximum Gasteiger partial charge on any atom is 0.160 e. The van der Waals surface area contributed by atoms with Gasteiger partial charge >= 0.3 is 0 Å². The second-order valence-electron chi connectivity index (χ2n) is 6.00. The van der Waals surface area contributed by atoms with E-state index in [1.165, 1.54) is 11.3 Å². The van der Waals surface area contributed by atoms with E-state index in [9.17, 15) is 4.79 Å². The van der Waals surface area contributed by atoms with Crippen molar-refractivity contribution in [2.24, 2.45) is 0 Å². The van der Waals surface area contributed by atoms with Crippen molar-refractivity contribution in [3.05, 3.63) is 65.7 Å². The predicted molar refractivity (Wildman–Crippen MR) is 104 cm³/mol. The monoisotopic (exact) mass is 347 g/mol. The molecule has 0 spiro atoms. The summed E-state index contributed by atoms with van der Waals surface area (Å²) < 4.78 is 2.11. The Bertz CT molecular complexity index is 1050. The van der Waals surface area contributed by atoms with Crippen molar-refractivity contribution >= 4 is 29.0 Å². The Morgan fingerprint density at radius 1 is 1.04 bits per heavy atom. The van der Waals surface area contributed by atoms with E-state index in [0.717, 1.165) is 39.4 Å². The lowest BCUT2D eigenvalue weighted by molar-refractivity contribution is 0.112. The largest absolute Gasteiger partial charge is 0.376 e. The second-order valence-corrected chi connectivity index (χ2v) is 7.12. The average molecular weight is 347 g/mol. The van der Waals surface area contributed by atoms with Crippen LogP contribution in [0.3, 0.4) is 0 Å². The molecule has 0 saturated heterocycles. The molecule has 0 N–H and O–H groups in total. The van der Waals surface area contributed by atoms with Crippen molar-refractivity contribution in [2.75, 3.05) is 19.0 Å². The van der Waals surface area contributed by atoms with E-state index < -0.39 is 0 Å². The van der Waals surface area contributed by atoms with E-state index in [1.54, 1.807) is 0 Å². The Morgan fingerprint density at radius 2 is 1.84 bits per heavy atom. The minimum atomic E-state index is 0.715. The molecule has 0 bridgehead atoms. The summed E-state index contributed by atoms with van der Waals surface area (Å²) in [5, 5.41) is 0. The summed E-state index contributed by atoms with van der Waals surface area (Å²) in [6.45, 7) is 0. The molecule has 0 radical (unpaired) electrons. The smallest absolute Gasteiger partial charge is 0.160 e. The SMILES string of the molecule is CN(C)c1ccc2nc(-c3ccccc3)c(-c3ccc(C=O)s3)n2c1. The van der Waals surface area contributed by atoms with Gasteiger partial charge in [-0.15, -0.1) is 11.3 Å². The molecule has 0 unspecified atom stereocenters. The molecule has 0 saturated carbocycles. The molecule has 4 nitrogen and oxygen atoms in total. The van der Waals surface area contributed by atoms with Crippen molar-refractivity contribution in [1.82, 2.24) is 9.38 Å². The Balaban J connectivity index is 2.03. The van der Waals surface area contributed by atoms with Gasteiger partial charge in [0.15, 0.2) is 6.29 Å². The zero-order chi connectivity index (χ0) is 17.4. The van der Waals surface area contributed by atoms with Gasteiger partial charge in [0.1, 0.15) is 5.65 Å². The van der Waals surface area contributed by atoms with Crippen molar-refractivity contribution in [2.45, 2.75) is 0 Å². The first kappa shape index (κ1) is 15.6. The van der Waals surface area contributed by atoms with Crippen LogP contribution >= 0.6 is 11.3 Å². The summed E-state index contributed by atoms with van der Waals surface area (Å²) in [4.78, 5) is 19.8. The van der Waals surface area contributed by atoms with Gasteiger partial charge in [0, 0.05) is 25.9 Å². The topological polar surface area (TPSA) is 37.6 Å². The highest BCUT2D eigenvalue weighted by Crippen LogP contribution is 2.36. The highest BCUT2D eigenvalue weighted by atomic mass is 32.1. The van der Waals surface area contributed by atoms with Crippen molar-refractivity contribution in [3.63, 3.8) is 0 Å². The van der Waals surface area contributed by atoms with E-state index >= 15 is 0 Å². The molecular formula is C20H17N3OS. The number of nitrogens with zero attached hydrogens (tertiary/aromatic N) is 3. The first-order valence-electron chi connectivity index (χ1n) is 7.97. The fraction of sp³-hybridized carbons (Fsp3) is 0.100. The zero-order valence-electron chi connectivity index (χ0n) is 14.0. The molecule has 4 aromatic rings. The summed E-state index contributed by atoms with van der Waals surface area (Å²) in [5.74, 6) is 0. The third kappa shape index (κ3) is 2.72. The molecule has 0 aliphatic carbocycles. The number of carbonyl (C=O) groups excluding carboxylic acids is 1. The van der Waals surface area contributed by atoms with Gasteiger partial charge in [-0.05, 0) is 24.3 Å². The number of imidazole rings is 1. The van der Waals surface area contributed by atoms with Crippen LogP contribution in [0.4, 0.5) is 5.69 Å². The second kappa shape index (κ2) is 6.18. The van der Waals surface area contributed by atoms with Crippen LogP contribution in [-0.2, 0) is 0 Å². The van der Waals surface area contributed by atoms with Gasteiger partial charge in [-0.25, -0.2) is 4.98 Å². The molecule has 3 heterocycles. The van der Waals surface area contributed by atoms with Crippen LogP contribution in [0, 0.1) is 0 Å². The number of hydrogen-bond donors (Lipinski definition) is 0. The van der Waals surface area contributed by atoms with Crippen LogP contribution in [0.25, 0.3) is 27.5 Å². The number of aldehydes is 1. The molecule has 1 aromatic carbocycles. The number of thiophene rings is 1. The standard InChI is InChI=1S/C20H17N3OS/c1-22(2)15-8-11-18-21-19(14-6-4-3-5-7-14)20(23(18)12-15)17-10-9-16(13-24)25-17/h3-13H,1-2H3. The molecule has 25 heavy (non-hydrogen) atoms. The van der Waals surface area contributed by atoms with Gasteiger partial charge in [-0.3, -0.25) is 9.20 Å². The normalized spacial score (nSPS) is 11.0. The number of carbonyl (C=O) groups is 1. The van der Waals surface area contributed by atoms with Gasteiger partial charge in [0.2, 0.25) is 0 Å². The number of pyridine rings is 1. The summed E-state index contributed by atoms with van der Waals surface area (Å²) >= 11 is 1.49. The van der Waals surface area contributed by atoms with E-state index in [1.807, 2.05) is 50.5 Å². The zero-order valence-corrected chi connectivity index (χ0v) is 14.8. The minimum Gasteiger partial charge on any atom is -0.376 e. The fourth-order valence-electron chi connectivity index (χ4n) is 2.87. The number of hydrogen-bond acceptors (Lipinski definition) is 4. The summed E-state index contributed by atoms with van der Waals surface area (Å²) in [5.41, 5.74) is 4.99. The molecule has 124 valence electrons. The van der Waals surface area contributed by atoms with E-state index in [0.29, 0.717) is 4.88 Å². The molecule has 0 aliphatic rings. The maximum atomic E-state index is 11.1. The predicted octanol–water partition coefficient (Wildman–Crippen LogP) is 4.61. The van der Waals surface area contributed by atoms with Gasteiger partial charge in [0.25, 0.3) is 0 Å². The lowest BCUT2D eigenvalue weighted by Crippen LogP contribution is -2.09. The summed E-state index contributed by atoms with van der Waals surface area (Å²) in [6.07, 6.45) is 2.98. The quantitative estimate of drug-likeness (QED) is 0.506. The Labute approximate surface area is 150 Å². The number of aromatic nitrogens is 2. The Hall–Kier alpha value is -2.92. The third-order valence-corrected chi connectivity index (χ3v) is 5.16. The van der Waals surface area contributed by atoms with E-state index in [2.05, 4.69) is 33.7 Å². The van der Waals surface area contributed by atoms with Crippen molar-refractivity contribution in [1.29, 1.82) is 0 Å². The van der Waals surface area contributed by atoms with Crippen LogP contribution < -0.4 is 4.90 Å². The molecule has 0 fully saturated rings. The van der Waals surface area contributed by atoms with Crippen LogP contribution in [0.15, 0.2) is 60.8 Å². The molecular weight excluding hydrogens is 330 g/mol. The van der Waals surface area contributed by atoms with Gasteiger partial charge in [-0.1, -0.05) is 30.3 Å². The summed E-state index contributed by atoms with van der Waals surface area (Å²) in [6, 6.07) is 18.1. The number of benzene rings is 1. The Kier molecular flexibility index (Phi) is 3.86. The average Bonchev–Trinajstić information content (AvgIpc) is 3.25. The highest BCUT2D eigenvalue weighted by molar-refractivity contribution is 7.17. The molecule has 3 aromatic heterocycles. The van der Waals surface area contributed by atoms with Crippen molar-refractivity contribution in [3.8, 4) is 21.8 Å². The molecule has 5 heteroatoms. The van der Waals surface area contributed by atoms with E-state index in [-0.39, 0.29) is 0 Å². The maximum absolute atomic E-state index is 11.1. The number of rotatable bonds is 4. The molecule has 4 rings (SSSR count). The van der Waals surface area contributed by atoms with Gasteiger partial charge in [0.05, 0.1) is 26.8 Å². The minimum absolute atomic E-state index is 0.715.